The molecule has 3 aromatic rings. The summed E-state index contributed by atoms with van der Waals surface area (Å²) in [4.78, 5) is 15.8. The number of aryl methyl sites for hydroxylation is 1. The van der Waals surface area contributed by atoms with Crippen LogP contribution < -0.4 is 0 Å². The van der Waals surface area contributed by atoms with Crippen molar-refractivity contribution in [1.82, 2.24) is 9.47 Å². The zero-order chi connectivity index (χ0) is 17.8. The number of carbonyl (C=O) groups is 1. The second kappa shape index (κ2) is 5.97. The van der Waals surface area contributed by atoms with Gasteiger partial charge in [-0.3, -0.25) is 14.3 Å². The standard InChI is InChI=1S/C22H21ClN2O/c1-14-2-7-19-18(10-14)22-16-8-9-24(12-16)13-20(22)25(19)21(26)11-15-3-5-17(23)6-4-15/h2-7,10,16H,8-9,11-13H2,1H3. The fraction of sp³-hybridized carbons (Fsp3) is 0.318. The molecule has 0 radical (unpaired) electrons. The fourth-order valence-electron chi connectivity index (χ4n) is 4.66. The third-order valence-corrected chi connectivity index (χ3v) is 6.09. The molecule has 2 aliphatic rings. The Balaban J connectivity index is 1.64. The molecule has 2 unspecified atom stereocenters. The Morgan fingerprint density at radius 3 is 2.81 bits per heavy atom. The van der Waals surface area contributed by atoms with E-state index in [9.17, 15) is 4.79 Å². The average Bonchev–Trinajstić information content (AvgIpc) is 3.15. The molecule has 3 nitrogen and oxygen atoms in total. The van der Waals surface area contributed by atoms with E-state index >= 15 is 0 Å². The van der Waals surface area contributed by atoms with Crippen LogP contribution in [0.5, 0.6) is 0 Å². The van der Waals surface area contributed by atoms with E-state index in [1.807, 2.05) is 28.8 Å². The predicted octanol–water partition coefficient (Wildman–Crippen LogP) is 4.79. The molecule has 0 N–H and O–H groups in total. The normalized spacial score (nSPS) is 21.2. The SMILES string of the molecule is Cc1ccc2c(c1)c1c(n2C(=O)Cc2ccc(Cl)cc2)CN2CCC1C2. The van der Waals surface area contributed by atoms with Crippen LogP contribution in [0.2, 0.25) is 5.02 Å². The molecule has 2 aliphatic heterocycles. The number of benzene rings is 2. The van der Waals surface area contributed by atoms with Crippen LogP contribution in [0, 0.1) is 6.92 Å². The molecule has 1 fully saturated rings. The molecule has 1 saturated heterocycles. The van der Waals surface area contributed by atoms with Gasteiger partial charge in [0.25, 0.3) is 0 Å². The largest absolute Gasteiger partial charge is 0.297 e. The Morgan fingerprint density at radius 1 is 1.19 bits per heavy atom. The van der Waals surface area contributed by atoms with Gasteiger partial charge in [-0.15, -0.1) is 0 Å². The molecule has 0 amide bonds. The molecule has 0 spiro atoms. The lowest BCUT2D eigenvalue weighted by molar-refractivity contribution is 0.0912. The monoisotopic (exact) mass is 364 g/mol. The van der Waals surface area contributed by atoms with Gasteiger partial charge in [0.1, 0.15) is 0 Å². The Hall–Kier alpha value is -2.10. The third kappa shape index (κ3) is 2.50. The molecular weight excluding hydrogens is 344 g/mol. The summed E-state index contributed by atoms with van der Waals surface area (Å²) in [7, 11) is 0. The molecule has 26 heavy (non-hydrogen) atoms. The number of aromatic nitrogens is 1. The van der Waals surface area contributed by atoms with Gasteiger partial charge < -0.3 is 0 Å². The highest BCUT2D eigenvalue weighted by Crippen LogP contribution is 2.42. The summed E-state index contributed by atoms with van der Waals surface area (Å²) in [5.41, 5.74) is 5.94. The quantitative estimate of drug-likeness (QED) is 0.653. The topological polar surface area (TPSA) is 25.2 Å². The lowest BCUT2D eigenvalue weighted by Gasteiger charge is -2.24. The number of fused-ring (bicyclic) bond motifs is 6. The van der Waals surface area contributed by atoms with Crippen LogP contribution in [0.25, 0.3) is 10.9 Å². The molecule has 132 valence electrons. The molecule has 3 heterocycles. The molecule has 4 heteroatoms. The number of hydrogen-bond donors (Lipinski definition) is 0. The Morgan fingerprint density at radius 2 is 2.00 bits per heavy atom. The zero-order valence-electron chi connectivity index (χ0n) is 14.8. The maximum Gasteiger partial charge on any atom is 0.235 e. The first-order valence-corrected chi connectivity index (χ1v) is 9.62. The molecular formula is C22H21ClN2O. The molecule has 0 aliphatic carbocycles. The minimum absolute atomic E-state index is 0.143. The summed E-state index contributed by atoms with van der Waals surface area (Å²) in [6.07, 6.45) is 1.59. The number of nitrogens with zero attached hydrogens (tertiary/aromatic N) is 2. The number of halogens is 1. The maximum absolute atomic E-state index is 13.3. The first-order valence-electron chi connectivity index (χ1n) is 9.24. The highest BCUT2D eigenvalue weighted by molar-refractivity contribution is 6.30. The van der Waals surface area contributed by atoms with Gasteiger partial charge in [0, 0.05) is 35.1 Å². The predicted molar refractivity (Wildman–Crippen MR) is 105 cm³/mol. The van der Waals surface area contributed by atoms with Crippen LogP contribution in [0.4, 0.5) is 0 Å². The smallest absolute Gasteiger partial charge is 0.235 e. The van der Waals surface area contributed by atoms with Gasteiger partial charge in [-0.1, -0.05) is 35.4 Å². The second-order valence-corrected chi connectivity index (χ2v) is 8.07. The fourth-order valence-corrected chi connectivity index (χ4v) is 4.78. The maximum atomic E-state index is 13.3. The van der Waals surface area contributed by atoms with Gasteiger partial charge in [-0.2, -0.15) is 0 Å². The molecule has 2 aromatic carbocycles. The van der Waals surface area contributed by atoms with Crippen molar-refractivity contribution in [2.75, 3.05) is 13.1 Å². The van der Waals surface area contributed by atoms with Gasteiger partial charge in [0.2, 0.25) is 5.91 Å². The van der Waals surface area contributed by atoms with Crippen LogP contribution >= 0.6 is 11.6 Å². The second-order valence-electron chi connectivity index (χ2n) is 7.63. The van der Waals surface area contributed by atoms with E-state index in [1.165, 1.54) is 28.6 Å². The van der Waals surface area contributed by atoms with Gasteiger partial charge in [0.05, 0.1) is 11.9 Å². The number of rotatable bonds is 2. The van der Waals surface area contributed by atoms with Gasteiger partial charge >= 0.3 is 0 Å². The third-order valence-electron chi connectivity index (χ3n) is 5.84. The van der Waals surface area contributed by atoms with Crippen molar-refractivity contribution < 1.29 is 4.79 Å². The first-order chi connectivity index (χ1) is 12.6. The van der Waals surface area contributed by atoms with Crippen molar-refractivity contribution in [1.29, 1.82) is 0 Å². The van der Waals surface area contributed by atoms with E-state index < -0.39 is 0 Å². The summed E-state index contributed by atoms with van der Waals surface area (Å²) in [6.45, 7) is 5.28. The van der Waals surface area contributed by atoms with Crippen molar-refractivity contribution in [3.63, 3.8) is 0 Å². The van der Waals surface area contributed by atoms with Crippen LogP contribution in [0.15, 0.2) is 42.5 Å². The summed E-state index contributed by atoms with van der Waals surface area (Å²) < 4.78 is 1.99. The summed E-state index contributed by atoms with van der Waals surface area (Å²) >= 11 is 5.98. The highest BCUT2D eigenvalue weighted by Gasteiger charge is 2.36. The minimum Gasteiger partial charge on any atom is -0.297 e. The minimum atomic E-state index is 0.143. The van der Waals surface area contributed by atoms with Crippen molar-refractivity contribution in [2.45, 2.75) is 32.2 Å². The number of carbonyl (C=O) groups excluding carboxylic acids is 1. The Bertz CT molecular complexity index is 1020. The van der Waals surface area contributed by atoms with Crippen molar-refractivity contribution in [3.8, 4) is 0 Å². The van der Waals surface area contributed by atoms with E-state index in [4.69, 9.17) is 11.6 Å². The molecule has 1 aromatic heterocycles. The van der Waals surface area contributed by atoms with E-state index in [0.29, 0.717) is 17.4 Å². The first kappa shape index (κ1) is 16.1. The van der Waals surface area contributed by atoms with Gasteiger partial charge in [0.15, 0.2) is 0 Å². The van der Waals surface area contributed by atoms with Crippen molar-refractivity contribution in [2.24, 2.45) is 0 Å². The molecule has 2 bridgehead atoms. The van der Waals surface area contributed by atoms with E-state index in [0.717, 1.165) is 30.7 Å². The highest BCUT2D eigenvalue weighted by atomic mass is 35.5. The van der Waals surface area contributed by atoms with E-state index in [1.54, 1.807) is 0 Å². The van der Waals surface area contributed by atoms with Crippen LogP contribution in [0.1, 0.15) is 39.5 Å². The van der Waals surface area contributed by atoms with Crippen molar-refractivity contribution >= 4 is 28.4 Å². The summed E-state index contributed by atoms with van der Waals surface area (Å²) in [5, 5.41) is 1.97. The lowest BCUT2D eigenvalue weighted by atomic mass is 9.93. The average molecular weight is 365 g/mol. The van der Waals surface area contributed by atoms with E-state index in [2.05, 4.69) is 30.0 Å². The lowest BCUT2D eigenvalue weighted by Crippen LogP contribution is -2.28. The zero-order valence-corrected chi connectivity index (χ0v) is 15.6. The van der Waals surface area contributed by atoms with Crippen LogP contribution in [-0.4, -0.2) is 28.5 Å². The summed E-state index contributed by atoms with van der Waals surface area (Å²) in [5.74, 6) is 0.706. The van der Waals surface area contributed by atoms with Gasteiger partial charge in [-0.25, -0.2) is 0 Å². The Kier molecular flexibility index (Phi) is 3.70. The number of hydrogen-bond acceptors (Lipinski definition) is 2. The molecule has 2 atom stereocenters. The van der Waals surface area contributed by atoms with Crippen LogP contribution in [0.3, 0.4) is 0 Å². The van der Waals surface area contributed by atoms with Crippen LogP contribution in [-0.2, 0) is 13.0 Å². The molecule has 0 saturated carbocycles. The molecule has 5 rings (SSSR count). The van der Waals surface area contributed by atoms with Crippen molar-refractivity contribution in [3.05, 3.63) is 69.9 Å². The summed E-state index contributed by atoms with van der Waals surface area (Å²) in [6, 6.07) is 14.1. The Labute approximate surface area is 158 Å². The van der Waals surface area contributed by atoms with E-state index in [-0.39, 0.29) is 5.91 Å². The van der Waals surface area contributed by atoms with Gasteiger partial charge in [-0.05, 0) is 55.3 Å².